The number of primary sulfonamides is 1. The zero-order valence-electron chi connectivity index (χ0n) is 15.6. The maximum atomic E-state index is 12.8. The number of halogens is 3. The van der Waals surface area contributed by atoms with Crippen LogP contribution in [0.4, 0.5) is 24.5 Å². The van der Waals surface area contributed by atoms with Gasteiger partial charge >= 0.3 is 6.18 Å². The molecule has 0 saturated heterocycles. The second kappa shape index (κ2) is 7.92. The molecule has 0 aliphatic heterocycles. The van der Waals surface area contributed by atoms with Crippen LogP contribution in [0.2, 0.25) is 0 Å². The number of aromatic nitrogens is 2. The number of ketones is 1. The highest BCUT2D eigenvalue weighted by Gasteiger charge is 2.30. The Balaban J connectivity index is 1.98. The Labute approximate surface area is 170 Å². The zero-order valence-corrected chi connectivity index (χ0v) is 16.5. The number of benzene rings is 2. The summed E-state index contributed by atoms with van der Waals surface area (Å²) in [6, 6.07) is 8.86. The molecular formula is C19H17F3N4O3S. The average molecular weight is 438 g/mol. The molecule has 0 saturated carbocycles. The smallest absolute Gasteiger partial charge is 0.355 e. The summed E-state index contributed by atoms with van der Waals surface area (Å²) in [6.07, 6.45) is -1.22. The molecule has 0 unspecified atom stereocenters. The van der Waals surface area contributed by atoms with E-state index < -0.39 is 33.3 Å². The predicted octanol–water partition coefficient (Wildman–Crippen LogP) is 3.32. The molecule has 11 heteroatoms. The predicted molar refractivity (Wildman–Crippen MR) is 106 cm³/mol. The number of aryl methyl sites for hydroxylation is 1. The standard InChI is InChI=1S/C19H17F3N4O3S/c1-26-9-17(24-11-26)15-8-12(18(27)10-30(23,28)29)2-7-16(15)25-14-5-3-13(4-6-14)19(20,21)22/h2-9,11,25H,10H2,1H3,(H2,23,28,29). The van der Waals surface area contributed by atoms with E-state index in [1.807, 2.05) is 0 Å². The fourth-order valence-electron chi connectivity index (χ4n) is 2.75. The third-order valence-electron chi connectivity index (χ3n) is 4.15. The van der Waals surface area contributed by atoms with Crippen molar-refractivity contribution >= 4 is 27.2 Å². The molecular weight excluding hydrogens is 421 g/mol. The van der Waals surface area contributed by atoms with Crippen molar-refractivity contribution in [3.05, 3.63) is 66.1 Å². The van der Waals surface area contributed by atoms with Gasteiger partial charge < -0.3 is 9.88 Å². The van der Waals surface area contributed by atoms with Crippen molar-refractivity contribution < 1.29 is 26.4 Å². The van der Waals surface area contributed by atoms with Crippen LogP contribution >= 0.6 is 0 Å². The summed E-state index contributed by atoms with van der Waals surface area (Å²) in [7, 11) is -2.25. The SMILES string of the molecule is Cn1cnc(-c2cc(C(=O)CS(N)(=O)=O)ccc2Nc2ccc(C(F)(F)F)cc2)c1. The minimum atomic E-state index is -4.44. The summed E-state index contributed by atoms with van der Waals surface area (Å²) in [5.74, 6) is -1.53. The number of alkyl halides is 3. The Morgan fingerprint density at radius 2 is 1.83 bits per heavy atom. The Hall–Kier alpha value is -3.18. The summed E-state index contributed by atoms with van der Waals surface area (Å²) in [5, 5.41) is 7.95. The monoisotopic (exact) mass is 438 g/mol. The topological polar surface area (TPSA) is 107 Å². The van der Waals surface area contributed by atoms with E-state index in [1.165, 1.54) is 36.7 Å². The number of hydrogen-bond acceptors (Lipinski definition) is 5. The molecule has 0 bridgehead atoms. The third kappa shape index (κ3) is 5.24. The van der Waals surface area contributed by atoms with Crippen molar-refractivity contribution in [2.45, 2.75) is 6.18 Å². The molecule has 0 spiro atoms. The van der Waals surface area contributed by atoms with Gasteiger partial charge in [-0.05, 0) is 42.5 Å². The number of rotatable bonds is 6. The molecule has 30 heavy (non-hydrogen) atoms. The third-order valence-corrected chi connectivity index (χ3v) is 4.81. The molecule has 1 heterocycles. The number of carbonyl (C=O) groups is 1. The highest BCUT2D eigenvalue weighted by Crippen LogP contribution is 2.33. The number of anilines is 2. The molecule has 0 aliphatic carbocycles. The summed E-state index contributed by atoms with van der Waals surface area (Å²) >= 11 is 0. The Morgan fingerprint density at radius 1 is 1.17 bits per heavy atom. The first kappa shape index (κ1) is 21.5. The average Bonchev–Trinajstić information content (AvgIpc) is 3.06. The molecule has 3 rings (SSSR count). The lowest BCUT2D eigenvalue weighted by Crippen LogP contribution is -2.23. The molecule has 0 amide bonds. The lowest BCUT2D eigenvalue weighted by Gasteiger charge is -2.13. The number of nitrogens with two attached hydrogens (primary N) is 1. The van der Waals surface area contributed by atoms with Crippen LogP contribution in [0, 0.1) is 0 Å². The molecule has 3 N–H and O–H groups in total. The fourth-order valence-corrected chi connectivity index (χ4v) is 3.29. The van der Waals surface area contributed by atoms with Gasteiger partial charge in [0.2, 0.25) is 10.0 Å². The largest absolute Gasteiger partial charge is 0.416 e. The van der Waals surface area contributed by atoms with Gasteiger partial charge in [-0.25, -0.2) is 18.5 Å². The Bertz CT molecular complexity index is 1190. The summed E-state index contributed by atoms with van der Waals surface area (Å²) in [6.45, 7) is 0. The quantitative estimate of drug-likeness (QED) is 0.574. The minimum Gasteiger partial charge on any atom is -0.355 e. The van der Waals surface area contributed by atoms with Crippen molar-refractivity contribution in [1.29, 1.82) is 0 Å². The van der Waals surface area contributed by atoms with Crippen LogP contribution in [0.15, 0.2) is 55.0 Å². The van der Waals surface area contributed by atoms with E-state index in [1.54, 1.807) is 17.8 Å². The molecule has 158 valence electrons. The number of nitrogens with one attached hydrogen (secondary N) is 1. The fraction of sp³-hybridized carbons (Fsp3) is 0.158. The van der Waals surface area contributed by atoms with Gasteiger partial charge in [0.15, 0.2) is 5.78 Å². The maximum Gasteiger partial charge on any atom is 0.416 e. The van der Waals surface area contributed by atoms with Crippen LogP contribution in [0.5, 0.6) is 0 Å². The van der Waals surface area contributed by atoms with E-state index in [-0.39, 0.29) is 5.56 Å². The van der Waals surface area contributed by atoms with E-state index in [0.717, 1.165) is 12.1 Å². The van der Waals surface area contributed by atoms with Gasteiger partial charge in [0.1, 0.15) is 5.75 Å². The normalized spacial score (nSPS) is 12.0. The Kier molecular flexibility index (Phi) is 5.68. The van der Waals surface area contributed by atoms with Gasteiger partial charge in [-0.3, -0.25) is 4.79 Å². The first-order valence-electron chi connectivity index (χ1n) is 8.53. The van der Waals surface area contributed by atoms with Crippen molar-refractivity contribution in [3.63, 3.8) is 0 Å². The van der Waals surface area contributed by atoms with E-state index in [4.69, 9.17) is 5.14 Å². The highest BCUT2D eigenvalue weighted by atomic mass is 32.2. The molecule has 3 aromatic rings. The zero-order chi connectivity index (χ0) is 22.1. The van der Waals surface area contributed by atoms with Gasteiger partial charge in [0.25, 0.3) is 0 Å². The van der Waals surface area contributed by atoms with Crippen LogP contribution in [0.25, 0.3) is 11.3 Å². The van der Waals surface area contributed by atoms with Crippen LogP contribution in [-0.4, -0.2) is 29.5 Å². The maximum absolute atomic E-state index is 12.8. The molecule has 0 aliphatic rings. The van der Waals surface area contributed by atoms with E-state index in [0.29, 0.717) is 22.6 Å². The van der Waals surface area contributed by atoms with Crippen molar-refractivity contribution in [2.75, 3.05) is 11.1 Å². The van der Waals surface area contributed by atoms with Gasteiger partial charge in [-0.2, -0.15) is 13.2 Å². The first-order valence-corrected chi connectivity index (χ1v) is 10.2. The number of Topliss-reactive ketones (excluding diaryl/α,β-unsaturated/α-hetero) is 1. The molecule has 0 atom stereocenters. The number of carbonyl (C=O) groups excluding carboxylic acids is 1. The van der Waals surface area contributed by atoms with E-state index in [9.17, 15) is 26.4 Å². The van der Waals surface area contributed by atoms with E-state index in [2.05, 4.69) is 10.3 Å². The summed E-state index contributed by atoms with van der Waals surface area (Å²) < 4.78 is 62.4. The van der Waals surface area contributed by atoms with Crippen molar-refractivity contribution in [1.82, 2.24) is 9.55 Å². The van der Waals surface area contributed by atoms with Gasteiger partial charge in [0.05, 0.1) is 17.6 Å². The Morgan fingerprint density at radius 3 is 2.37 bits per heavy atom. The molecule has 0 radical (unpaired) electrons. The van der Waals surface area contributed by atoms with Crippen LogP contribution in [-0.2, 0) is 23.2 Å². The molecule has 7 nitrogen and oxygen atoms in total. The van der Waals surface area contributed by atoms with Gasteiger partial charge in [0, 0.05) is 35.7 Å². The van der Waals surface area contributed by atoms with Crippen LogP contribution < -0.4 is 10.5 Å². The second-order valence-corrected chi connectivity index (χ2v) is 8.23. The van der Waals surface area contributed by atoms with Gasteiger partial charge in [-0.1, -0.05) is 0 Å². The first-order chi connectivity index (χ1) is 13.9. The van der Waals surface area contributed by atoms with Gasteiger partial charge in [-0.15, -0.1) is 0 Å². The van der Waals surface area contributed by atoms with Crippen molar-refractivity contribution in [3.8, 4) is 11.3 Å². The number of hydrogen-bond donors (Lipinski definition) is 2. The lowest BCUT2D eigenvalue weighted by atomic mass is 10.0. The number of sulfonamides is 1. The molecule has 0 fully saturated rings. The minimum absolute atomic E-state index is 0.114. The van der Waals surface area contributed by atoms with E-state index >= 15 is 0 Å². The highest BCUT2D eigenvalue weighted by molar-refractivity contribution is 7.89. The number of nitrogens with zero attached hydrogens (tertiary/aromatic N) is 2. The van der Waals surface area contributed by atoms with Crippen LogP contribution in [0.1, 0.15) is 15.9 Å². The molecule has 2 aromatic carbocycles. The van der Waals surface area contributed by atoms with Crippen LogP contribution in [0.3, 0.4) is 0 Å². The summed E-state index contributed by atoms with van der Waals surface area (Å²) in [4.78, 5) is 16.5. The summed E-state index contributed by atoms with van der Waals surface area (Å²) in [5.41, 5.74) is 1.15. The number of imidazole rings is 1. The lowest BCUT2D eigenvalue weighted by molar-refractivity contribution is -0.137. The van der Waals surface area contributed by atoms with Crippen molar-refractivity contribution in [2.24, 2.45) is 12.2 Å². The second-order valence-electron chi connectivity index (χ2n) is 6.62. The molecule has 1 aromatic heterocycles.